The van der Waals surface area contributed by atoms with Crippen molar-refractivity contribution in [2.45, 2.75) is 18.3 Å². The third-order valence-electron chi connectivity index (χ3n) is 4.84. The predicted octanol–water partition coefficient (Wildman–Crippen LogP) is 3.18. The molecule has 8 nitrogen and oxygen atoms in total. The molecule has 31 heavy (non-hydrogen) atoms. The van der Waals surface area contributed by atoms with Crippen LogP contribution in [0.25, 0.3) is 0 Å². The van der Waals surface area contributed by atoms with Gasteiger partial charge in [-0.3, -0.25) is 9.69 Å². The second-order valence-corrected chi connectivity index (χ2v) is 7.72. The van der Waals surface area contributed by atoms with Crippen LogP contribution < -0.4 is 9.47 Å². The maximum absolute atomic E-state index is 13.0. The van der Waals surface area contributed by atoms with Gasteiger partial charge < -0.3 is 19.3 Å². The molecule has 1 aliphatic rings. The van der Waals surface area contributed by atoms with Crippen LogP contribution in [0.5, 0.6) is 11.5 Å². The van der Waals surface area contributed by atoms with Gasteiger partial charge in [-0.1, -0.05) is 11.8 Å². The molecule has 1 aliphatic heterocycles. The Morgan fingerprint density at radius 1 is 1.16 bits per heavy atom. The first-order chi connectivity index (χ1) is 14.9. The average Bonchev–Trinajstić information content (AvgIpc) is 3.12. The Morgan fingerprint density at radius 3 is 2.45 bits per heavy atom. The van der Waals surface area contributed by atoms with E-state index in [4.69, 9.17) is 14.2 Å². The number of aliphatic imine (C=N–C) groups is 1. The van der Waals surface area contributed by atoms with Gasteiger partial charge in [0, 0.05) is 12.1 Å². The van der Waals surface area contributed by atoms with E-state index in [-0.39, 0.29) is 5.91 Å². The highest BCUT2D eigenvalue weighted by atomic mass is 32.2. The Kier molecular flexibility index (Phi) is 7.19. The van der Waals surface area contributed by atoms with E-state index in [1.807, 2.05) is 6.92 Å². The first-order valence-electron chi connectivity index (χ1n) is 9.58. The predicted molar refractivity (Wildman–Crippen MR) is 118 cm³/mol. The molecular weight excluding hydrogens is 420 g/mol. The van der Waals surface area contributed by atoms with E-state index < -0.39 is 17.3 Å². The van der Waals surface area contributed by atoms with E-state index in [1.54, 1.807) is 42.5 Å². The number of esters is 1. The molecule has 1 heterocycles. The number of hydrogen-bond donors (Lipinski definition) is 1. The summed E-state index contributed by atoms with van der Waals surface area (Å²) in [5.41, 5.74) is 1.45. The summed E-state index contributed by atoms with van der Waals surface area (Å²) in [7, 11) is 4.35. The third-order valence-corrected chi connectivity index (χ3v) is 6.08. The summed E-state index contributed by atoms with van der Waals surface area (Å²) in [6.45, 7) is 2.25. The first kappa shape index (κ1) is 22.6. The number of nitrogens with zero attached hydrogens (tertiary/aromatic N) is 2. The zero-order valence-corrected chi connectivity index (χ0v) is 18.5. The van der Waals surface area contributed by atoms with Gasteiger partial charge in [-0.05, 0) is 49.4 Å². The van der Waals surface area contributed by atoms with E-state index in [2.05, 4.69) is 4.99 Å². The number of carbonyl (C=O) groups excluding carboxylic acids is 2. The molecule has 2 atom stereocenters. The van der Waals surface area contributed by atoms with Gasteiger partial charge in [0.25, 0.3) is 0 Å². The molecule has 9 heteroatoms. The summed E-state index contributed by atoms with van der Waals surface area (Å²) in [5, 5.41) is 10.7. The number of methoxy groups -OCH3 is 3. The molecular formula is C22H24N2O6S. The molecule has 0 saturated carbocycles. The fraction of sp³-hybridized carbons (Fsp3) is 0.318. The molecule has 1 amide bonds. The number of rotatable bonds is 7. The van der Waals surface area contributed by atoms with Gasteiger partial charge in [-0.2, -0.15) is 0 Å². The third kappa shape index (κ3) is 4.67. The lowest BCUT2D eigenvalue weighted by Gasteiger charge is -2.19. The van der Waals surface area contributed by atoms with Gasteiger partial charge in [0.2, 0.25) is 5.91 Å². The molecule has 0 aliphatic carbocycles. The summed E-state index contributed by atoms with van der Waals surface area (Å²) in [6.07, 6.45) is -1.12. The maximum atomic E-state index is 13.0. The number of aliphatic hydroxyl groups is 1. The van der Waals surface area contributed by atoms with Crippen LogP contribution in [0.2, 0.25) is 0 Å². The summed E-state index contributed by atoms with van der Waals surface area (Å²) in [5.74, 6) is 0.343. The zero-order valence-electron chi connectivity index (χ0n) is 17.7. The van der Waals surface area contributed by atoms with Crippen molar-refractivity contribution in [3.05, 3.63) is 53.6 Å². The van der Waals surface area contributed by atoms with E-state index in [0.29, 0.717) is 40.0 Å². The van der Waals surface area contributed by atoms with Gasteiger partial charge in [0.05, 0.1) is 32.6 Å². The van der Waals surface area contributed by atoms with Gasteiger partial charge in [0.15, 0.2) is 5.17 Å². The minimum absolute atomic E-state index is 0.241. The fourth-order valence-corrected chi connectivity index (χ4v) is 4.42. The lowest BCUT2D eigenvalue weighted by molar-refractivity contribution is -0.127. The Bertz CT molecular complexity index is 992. The standard InChI is InChI=1S/C22H24N2O6S/c1-5-24-20(26)19(18(25)16-12-15(28-2)10-11-17(16)29-3)31-22(24)23-14-8-6-13(7-9-14)21(27)30-4/h6-12,18-19,25H,5H2,1-4H3/t18-,19+/m0/s1. The van der Waals surface area contributed by atoms with Gasteiger partial charge in [-0.25, -0.2) is 9.79 Å². The number of amides is 1. The molecule has 3 rings (SSSR count). The second kappa shape index (κ2) is 9.84. The van der Waals surface area contributed by atoms with Crippen molar-refractivity contribution in [2.24, 2.45) is 4.99 Å². The second-order valence-electron chi connectivity index (χ2n) is 6.61. The van der Waals surface area contributed by atoms with Gasteiger partial charge in [0.1, 0.15) is 22.9 Å². The highest BCUT2D eigenvalue weighted by molar-refractivity contribution is 8.15. The normalized spacial score (nSPS) is 18.2. The van der Waals surface area contributed by atoms with Crippen molar-refractivity contribution in [1.82, 2.24) is 4.90 Å². The summed E-state index contributed by atoms with van der Waals surface area (Å²) in [6, 6.07) is 11.6. The maximum Gasteiger partial charge on any atom is 0.337 e. The molecule has 2 aromatic rings. The van der Waals surface area contributed by atoms with E-state index in [1.165, 1.54) is 38.0 Å². The Labute approximate surface area is 184 Å². The highest BCUT2D eigenvalue weighted by Gasteiger charge is 2.42. The first-order valence-corrected chi connectivity index (χ1v) is 10.5. The smallest absolute Gasteiger partial charge is 0.337 e. The van der Waals surface area contributed by atoms with Gasteiger partial charge in [-0.15, -0.1) is 0 Å². The molecule has 0 radical (unpaired) electrons. The molecule has 2 aromatic carbocycles. The Hall–Kier alpha value is -3.04. The van der Waals surface area contributed by atoms with E-state index in [0.717, 1.165) is 0 Å². The van der Waals surface area contributed by atoms with Crippen LogP contribution in [0.4, 0.5) is 5.69 Å². The lowest BCUT2D eigenvalue weighted by Crippen LogP contribution is -2.34. The number of carbonyl (C=O) groups is 2. The van der Waals surface area contributed by atoms with Crippen LogP contribution in [-0.2, 0) is 9.53 Å². The summed E-state index contributed by atoms with van der Waals surface area (Å²) >= 11 is 1.19. The molecule has 0 bridgehead atoms. The molecule has 1 saturated heterocycles. The monoisotopic (exact) mass is 444 g/mol. The number of amidine groups is 1. The van der Waals surface area contributed by atoms with Gasteiger partial charge >= 0.3 is 5.97 Å². The minimum atomic E-state index is -1.12. The highest BCUT2D eigenvalue weighted by Crippen LogP contribution is 2.40. The molecule has 1 N–H and O–H groups in total. The van der Waals surface area contributed by atoms with Crippen molar-refractivity contribution in [3.63, 3.8) is 0 Å². The SMILES string of the molecule is CCN1C(=O)[C@@H]([C@@H](O)c2cc(OC)ccc2OC)SC1=Nc1ccc(C(=O)OC)cc1. The Balaban J connectivity index is 1.89. The van der Waals surface area contributed by atoms with Crippen molar-refractivity contribution in [2.75, 3.05) is 27.9 Å². The van der Waals surface area contributed by atoms with Crippen LogP contribution in [0, 0.1) is 0 Å². The quantitative estimate of drug-likeness (QED) is 0.655. The zero-order chi connectivity index (χ0) is 22.5. The number of aliphatic hydroxyl groups excluding tert-OH is 1. The van der Waals surface area contributed by atoms with Crippen LogP contribution in [0.15, 0.2) is 47.5 Å². The number of ether oxygens (including phenoxy) is 3. The molecule has 1 fully saturated rings. The van der Waals surface area contributed by atoms with Crippen molar-refractivity contribution < 1.29 is 28.9 Å². The van der Waals surface area contributed by atoms with Crippen LogP contribution >= 0.6 is 11.8 Å². The topological polar surface area (TPSA) is 97.7 Å². The minimum Gasteiger partial charge on any atom is -0.497 e. The number of thioether (sulfide) groups is 1. The van der Waals surface area contributed by atoms with E-state index >= 15 is 0 Å². The van der Waals surface area contributed by atoms with Crippen molar-refractivity contribution in [1.29, 1.82) is 0 Å². The molecule has 0 aromatic heterocycles. The lowest BCUT2D eigenvalue weighted by atomic mass is 10.0. The largest absolute Gasteiger partial charge is 0.497 e. The molecule has 0 unspecified atom stereocenters. The number of hydrogen-bond acceptors (Lipinski definition) is 8. The van der Waals surface area contributed by atoms with Crippen molar-refractivity contribution in [3.8, 4) is 11.5 Å². The fourth-order valence-electron chi connectivity index (χ4n) is 3.19. The average molecular weight is 445 g/mol. The molecule has 0 spiro atoms. The Morgan fingerprint density at radius 2 is 1.87 bits per heavy atom. The summed E-state index contributed by atoms with van der Waals surface area (Å²) < 4.78 is 15.3. The van der Waals surface area contributed by atoms with Crippen LogP contribution in [-0.4, -0.2) is 60.2 Å². The molecule has 164 valence electrons. The van der Waals surface area contributed by atoms with Crippen LogP contribution in [0.3, 0.4) is 0 Å². The summed E-state index contributed by atoms with van der Waals surface area (Å²) in [4.78, 5) is 30.7. The number of benzene rings is 2. The van der Waals surface area contributed by atoms with E-state index in [9.17, 15) is 14.7 Å². The van der Waals surface area contributed by atoms with Crippen LogP contribution in [0.1, 0.15) is 28.9 Å². The van der Waals surface area contributed by atoms with Crippen molar-refractivity contribution >= 4 is 34.5 Å².